The van der Waals surface area contributed by atoms with Crippen molar-refractivity contribution >= 4 is 17.6 Å². The minimum atomic E-state index is -0.486. The molecule has 0 atom stereocenters. The SMILES string of the molecule is NNC(=O)NNCCCl. The summed E-state index contributed by atoms with van der Waals surface area (Å²) in [5.41, 5.74) is 6.60. The van der Waals surface area contributed by atoms with E-state index in [0.29, 0.717) is 12.4 Å². The number of amides is 2. The number of nitrogens with two attached hydrogens (primary N) is 1. The summed E-state index contributed by atoms with van der Waals surface area (Å²) in [4.78, 5) is 10.2. The number of hydrogen-bond acceptors (Lipinski definition) is 3. The number of alkyl halides is 1. The van der Waals surface area contributed by atoms with Crippen molar-refractivity contribution in [2.24, 2.45) is 5.84 Å². The lowest BCUT2D eigenvalue weighted by Crippen LogP contribution is -2.47. The molecule has 0 saturated carbocycles. The van der Waals surface area contributed by atoms with Gasteiger partial charge in [0, 0.05) is 12.4 Å². The highest BCUT2D eigenvalue weighted by Gasteiger charge is 1.90. The molecule has 0 aliphatic rings. The lowest BCUT2D eigenvalue weighted by molar-refractivity contribution is 0.237. The predicted molar refractivity (Wildman–Crippen MR) is 34.6 cm³/mol. The molecule has 0 spiro atoms. The molecule has 54 valence electrons. The van der Waals surface area contributed by atoms with Gasteiger partial charge in [-0.3, -0.25) is 10.9 Å². The Morgan fingerprint density at radius 2 is 2.33 bits per heavy atom. The second-order valence-electron chi connectivity index (χ2n) is 1.21. The highest BCUT2D eigenvalue weighted by atomic mass is 35.5. The van der Waals surface area contributed by atoms with E-state index >= 15 is 0 Å². The van der Waals surface area contributed by atoms with E-state index in [-0.39, 0.29) is 0 Å². The van der Waals surface area contributed by atoms with Crippen LogP contribution < -0.4 is 22.1 Å². The Morgan fingerprint density at radius 3 is 2.78 bits per heavy atom. The number of urea groups is 1. The van der Waals surface area contributed by atoms with Crippen LogP contribution in [0.25, 0.3) is 0 Å². The molecule has 2 amide bonds. The first-order valence-corrected chi connectivity index (χ1v) is 2.90. The van der Waals surface area contributed by atoms with Gasteiger partial charge in [-0.2, -0.15) is 0 Å². The van der Waals surface area contributed by atoms with Crippen LogP contribution in [0.3, 0.4) is 0 Å². The smallest absolute Gasteiger partial charge is 0.275 e. The lowest BCUT2D eigenvalue weighted by atomic mass is 10.8. The van der Waals surface area contributed by atoms with Gasteiger partial charge in [-0.05, 0) is 0 Å². The Morgan fingerprint density at radius 1 is 1.67 bits per heavy atom. The number of hydrazine groups is 2. The van der Waals surface area contributed by atoms with Gasteiger partial charge < -0.3 is 0 Å². The summed E-state index contributed by atoms with van der Waals surface area (Å²) in [5, 5.41) is 0. The molecule has 5 nitrogen and oxygen atoms in total. The maximum absolute atomic E-state index is 10.2. The van der Waals surface area contributed by atoms with Gasteiger partial charge in [0.1, 0.15) is 0 Å². The topological polar surface area (TPSA) is 79.2 Å². The maximum atomic E-state index is 10.2. The second-order valence-corrected chi connectivity index (χ2v) is 1.59. The Hall–Kier alpha value is -0.520. The molecule has 0 heterocycles. The van der Waals surface area contributed by atoms with Crippen molar-refractivity contribution in [2.45, 2.75) is 0 Å². The fourth-order valence-corrected chi connectivity index (χ4v) is 0.321. The first-order chi connectivity index (χ1) is 4.31. The zero-order valence-corrected chi connectivity index (χ0v) is 5.53. The number of hydrogen-bond donors (Lipinski definition) is 4. The number of nitrogens with one attached hydrogen (secondary N) is 3. The molecule has 0 aromatic heterocycles. The van der Waals surface area contributed by atoms with Gasteiger partial charge in [0.15, 0.2) is 0 Å². The van der Waals surface area contributed by atoms with E-state index < -0.39 is 6.03 Å². The highest BCUT2D eigenvalue weighted by Crippen LogP contribution is 1.65. The molecule has 0 unspecified atom stereocenters. The van der Waals surface area contributed by atoms with E-state index in [2.05, 4.69) is 10.9 Å². The van der Waals surface area contributed by atoms with E-state index in [0.717, 1.165) is 0 Å². The zero-order chi connectivity index (χ0) is 7.11. The molecule has 0 aliphatic carbocycles. The summed E-state index contributed by atoms with van der Waals surface area (Å²) in [6.07, 6.45) is 0. The molecule has 6 heteroatoms. The van der Waals surface area contributed by atoms with Crippen molar-refractivity contribution in [3.05, 3.63) is 0 Å². The first kappa shape index (κ1) is 8.48. The van der Waals surface area contributed by atoms with Crippen LogP contribution in [0.5, 0.6) is 0 Å². The standard InChI is InChI=1S/C3H9ClN4O/c4-1-2-6-8-3(9)7-5/h6H,1-2,5H2,(H2,7,8,9). The van der Waals surface area contributed by atoms with Gasteiger partial charge in [0.2, 0.25) is 0 Å². The van der Waals surface area contributed by atoms with Crippen LogP contribution in [0.15, 0.2) is 0 Å². The molecular weight excluding hydrogens is 144 g/mol. The van der Waals surface area contributed by atoms with E-state index in [4.69, 9.17) is 17.4 Å². The maximum Gasteiger partial charge on any atom is 0.343 e. The fraction of sp³-hybridized carbons (Fsp3) is 0.667. The van der Waals surface area contributed by atoms with Crippen molar-refractivity contribution < 1.29 is 4.79 Å². The number of carbonyl (C=O) groups excluding carboxylic acids is 1. The molecular formula is C3H9ClN4O. The molecule has 9 heavy (non-hydrogen) atoms. The molecule has 0 radical (unpaired) electrons. The summed E-state index contributed by atoms with van der Waals surface area (Å²) in [7, 11) is 0. The molecule has 0 bridgehead atoms. The van der Waals surface area contributed by atoms with Gasteiger partial charge >= 0.3 is 6.03 Å². The van der Waals surface area contributed by atoms with Gasteiger partial charge in [-0.25, -0.2) is 16.1 Å². The lowest BCUT2D eigenvalue weighted by Gasteiger charge is -2.02. The van der Waals surface area contributed by atoms with Crippen molar-refractivity contribution in [1.82, 2.24) is 16.3 Å². The highest BCUT2D eigenvalue weighted by molar-refractivity contribution is 6.18. The Balaban J connectivity index is 2.97. The average molecular weight is 153 g/mol. The second kappa shape index (κ2) is 5.61. The monoisotopic (exact) mass is 152 g/mol. The van der Waals surface area contributed by atoms with Crippen LogP contribution in [0, 0.1) is 0 Å². The third kappa shape index (κ3) is 5.35. The Labute approximate surface area is 57.9 Å². The molecule has 0 aliphatic heterocycles. The van der Waals surface area contributed by atoms with Crippen LogP contribution in [0.1, 0.15) is 0 Å². The minimum Gasteiger partial charge on any atom is -0.275 e. The summed E-state index contributed by atoms with van der Waals surface area (Å²) in [6.45, 7) is 0.509. The Kier molecular flexibility index (Phi) is 5.29. The van der Waals surface area contributed by atoms with Gasteiger partial charge in [0.25, 0.3) is 0 Å². The molecule has 0 aromatic carbocycles. The molecule has 5 N–H and O–H groups in total. The quantitative estimate of drug-likeness (QED) is 0.136. The predicted octanol–water partition coefficient (Wildman–Crippen LogP) is -1.10. The Bertz CT molecular complexity index is 87.9. The molecule has 0 rings (SSSR count). The van der Waals surface area contributed by atoms with Crippen LogP contribution in [0.2, 0.25) is 0 Å². The van der Waals surface area contributed by atoms with E-state index in [1.54, 1.807) is 0 Å². The van der Waals surface area contributed by atoms with Gasteiger partial charge in [-0.1, -0.05) is 0 Å². The van der Waals surface area contributed by atoms with Crippen LogP contribution in [-0.2, 0) is 0 Å². The summed E-state index contributed by atoms with van der Waals surface area (Å²) in [6, 6.07) is -0.486. The third-order valence-electron chi connectivity index (χ3n) is 0.553. The first-order valence-electron chi connectivity index (χ1n) is 2.36. The number of halogens is 1. The van der Waals surface area contributed by atoms with E-state index in [1.165, 1.54) is 0 Å². The number of rotatable bonds is 3. The van der Waals surface area contributed by atoms with Gasteiger partial charge in [0.05, 0.1) is 0 Å². The number of carbonyl (C=O) groups is 1. The van der Waals surface area contributed by atoms with Crippen LogP contribution in [-0.4, -0.2) is 18.5 Å². The molecule has 0 aromatic rings. The van der Waals surface area contributed by atoms with Crippen LogP contribution >= 0.6 is 11.6 Å². The average Bonchev–Trinajstić information content (AvgIpc) is 1.89. The third-order valence-corrected chi connectivity index (χ3v) is 0.741. The summed E-state index contributed by atoms with van der Waals surface area (Å²) >= 11 is 5.26. The van der Waals surface area contributed by atoms with Gasteiger partial charge in [-0.15, -0.1) is 11.6 Å². The molecule has 0 fully saturated rings. The van der Waals surface area contributed by atoms with Crippen molar-refractivity contribution in [3.63, 3.8) is 0 Å². The van der Waals surface area contributed by atoms with Crippen molar-refractivity contribution in [2.75, 3.05) is 12.4 Å². The minimum absolute atomic E-state index is 0.435. The van der Waals surface area contributed by atoms with Crippen LogP contribution in [0.4, 0.5) is 4.79 Å². The fourth-order valence-electron chi connectivity index (χ4n) is 0.226. The molecule has 0 saturated heterocycles. The largest absolute Gasteiger partial charge is 0.343 e. The van der Waals surface area contributed by atoms with Crippen molar-refractivity contribution in [1.29, 1.82) is 0 Å². The summed E-state index contributed by atoms with van der Waals surface area (Å²) in [5.74, 6) is 5.15. The van der Waals surface area contributed by atoms with E-state index in [9.17, 15) is 4.79 Å². The van der Waals surface area contributed by atoms with E-state index in [1.807, 2.05) is 5.43 Å². The zero-order valence-electron chi connectivity index (χ0n) is 4.78. The summed E-state index contributed by atoms with van der Waals surface area (Å²) < 4.78 is 0. The normalized spacial score (nSPS) is 8.67. The van der Waals surface area contributed by atoms with Crippen molar-refractivity contribution in [3.8, 4) is 0 Å².